The number of aromatic nitrogens is 2. The van der Waals surface area contributed by atoms with Crippen LogP contribution >= 0.6 is 11.6 Å². The van der Waals surface area contributed by atoms with Crippen molar-refractivity contribution >= 4 is 11.6 Å². The Morgan fingerprint density at radius 2 is 1.12 bits per heavy atom. The summed E-state index contributed by atoms with van der Waals surface area (Å²) in [4.78, 5) is 9.08. The maximum Gasteiger partial charge on any atom is 0.161 e. The molecule has 120 valence electrons. The van der Waals surface area contributed by atoms with Gasteiger partial charge in [-0.1, -0.05) is 90.5 Å². The van der Waals surface area contributed by atoms with Gasteiger partial charge in [0, 0.05) is 17.2 Å². The Bertz CT molecular complexity index is 999. The molecule has 0 aliphatic carbocycles. The normalized spacial score (nSPS) is 10.6. The lowest BCUT2D eigenvalue weighted by molar-refractivity contribution is 1.18. The van der Waals surface area contributed by atoms with Gasteiger partial charge in [0.05, 0.1) is 5.69 Å². The molecule has 1 aromatic heterocycles. The number of hydrogen-bond acceptors (Lipinski definition) is 2. The first-order valence-electron chi connectivity index (χ1n) is 8.05. The van der Waals surface area contributed by atoms with Gasteiger partial charge < -0.3 is 0 Å². The number of rotatable bonds is 3. The summed E-state index contributed by atoms with van der Waals surface area (Å²) in [7, 11) is 0. The van der Waals surface area contributed by atoms with Crippen molar-refractivity contribution in [2.24, 2.45) is 0 Å². The Hall–Kier alpha value is -2.97. The first-order chi connectivity index (χ1) is 12.3. The van der Waals surface area contributed by atoms with Gasteiger partial charge in [0.2, 0.25) is 0 Å². The van der Waals surface area contributed by atoms with E-state index in [4.69, 9.17) is 16.6 Å². The van der Waals surface area contributed by atoms with Crippen LogP contribution in [0, 0.1) is 0 Å². The summed E-state index contributed by atoms with van der Waals surface area (Å²) in [5, 5.41) is 0.439. The molecule has 0 aliphatic rings. The Morgan fingerprint density at radius 3 is 1.84 bits per heavy atom. The fourth-order valence-electron chi connectivity index (χ4n) is 2.77. The maximum absolute atomic E-state index is 6.26. The van der Waals surface area contributed by atoms with Crippen molar-refractivity contribution in [1.82, 2.24) is 9.97 Å². The molecule has 0 amide bonds. The molecule has 4 rings (SSSR count). The second-order valence-electron chi connectivity index (χ2n) is 5.71. The van der Waals surface area contributed by atoms with Gasteiger partial charge in [0.1, 0.15) is 5.15 Å². The van der Waals surface area contributed by atoms with Gasteiger partial charge in [-0.3, -0.25) is 0 Å². The molecule has 0 atom stereocenters. The molecule has 2 nitrogen and oxygen atoms in total. The first-order valence-corrected chi connectivity index (χ1v) is 8.43. The molecule has 3 aromatic carbocycles. The highest BCUT2D eigenvalue weighted by molar-refractivity contribution is 6.29. The Labute approximate surface area is 151 Å². The molecule has 0 N–H and O–H groups in total. The number of nitrogens with zero attached hydrogens (tertiary/aromatic N) is 2. The molecular weight excluding hydrogens is 328 g/mol. The van der Waals surface area contributed by atoms with Crippen molar-refractivity contribution in [3.05, 3.63) is 96.1 Å². The molecule has 3 heteroatoms. The summed E-state index contributed by atoms with van der Waals surface area (Å²) >= 11 is 6.26. The molecule has 0 fully saturated rings. The van der Waals surface area contributed by atoms with Gasteiger partial charge in [0.25, 0.3) is 0 Å². The van der Waals surface area contributed by atoms with E-state index in [0.29, 0.717) is 11.0 Å². The van der Waals surface area contributed by atoms with E-state index in [2.05, 4.69) is 29.2 Å². The van der Waals surface area contributed by atoms with E-state index in [1.165, 1.54) is 5.56 Å². The molecule has 0 radical (unpaired) electrons. The minimum atomic E-state index is 0.439. The number of halogens is 1. The van der Waals surface area contributed by atoms with Crippen LogP contribution in [0.3, 0.4) is 0 Å². The van der Waals surface area contributed by atoms with E-state index < -0.39 is 0 Å². The van der Waals surface area contributed by atoms with Crippen LogP contribution in [0.2, 0.25) is 5.15 Å². The van der Waals surface area contributed by atoms with E-state index in [1.54, 1.807) is 6.07 Å². The maximum atomic E-state index is 6.26. The molecule has 0 saturated carbocycles. The highest BCUT2D eigenvalue weighted by Crippen LogP contribution is 2.28. The van der Waals surface area contributed by atoms with E-state index in [9.17, 15) is 0 Å². The summed E-state index contributed by atoms with van der Waals surface area (Å²) in [6, 6.07) is 30.3. The summed E-state index contributed by atoms with van der Waals surface area (Å²) in [5.74, 6) is 0.633. The second-order valence-corrected chi connectivity index (χ2v) is 6.10. The number of benzene rings is 3. The minimum Gasteiger partial charge on any atom is -0.228 e. The van der Waals surface area contributed by atoms with E-state index in [-0.39, 0.29) is 0 Å². The molecule has 0 unspecified atom stereocenters. The van der Waals surface area contributed by atoms with Crippen LogP contribution in [-0.2, 0) is 0 Å². The van der Waals surface area contributed by atoms with Crippen LogP contribution in [-0.4, -0.2) is 9.97 Å². The zero-order valence-corrected chi connectivity index (χ0v) is 14.2. The third kappa shape index (κ3) is 3.44. The highest BCUT2D eigenvalue weighted by Gasteiger charge is 2.08. The van der Waals surface area contributed by atoms with Crippen LogP contribution in [0.1, 0.15) is 0 Å². The Morgan fingerprint density at radius 1 is 0.520 bits per heavy atom. The summed E-state index contributed by atoms with van der Waals surface area (Å²) in [6.07, 6.45) is 0. The van der Waals surface area contributed by atoms with Crippen LogP contribution in [0.4, 0.5) is 0 Å². The van der Waals surface area contributed by atoms with Gasteiger partial charge in [-0.15, -0.1) is 0 Å². The topological polar surface area (TPSA) is 25.8 Å². The van der Waals surface area contributed by atoms with Crippen LogP contribution in [0.5, 0.6) is 0 Å². The fourth-order valence-corrected chi connectivity index (χ4v) is 2.95. The van der Waals surface area contributed by atoms with Crippen LogP contribution < -0.4 is 0 Å². The molecule has 4 aromatic rings. The molecule has 1 heterocycles. The fraction of sp³-hybridized carbons (Fsp3) is 0. The van der Waals surface area contributed by atoms with Crippen molar-refractivity contribution in [2.45, 2.75) is 0 Å². The third-order valence-electron chi connectivity index (χ3n) is 3.99. The first kappa shape index (κ1) is 15.6. The lowest BCUT2D eigenvalue weighted by Gasteiger charge is -2.08. The summed E-state index contributed by atoms with van der Waals surface area (Å²) in [5.41, 5.74) is 5.10. The van der Waals surface area contributed by atoms with Crippen molar-refractivity contribution in [3.63, 3.8) is 0 Å². The van der Waals surface area contributed by atoms with Crippen LogP contribution in [0.25, 0.3) is 33.8 Å². The molecule has 0 spiro atoms. The summed E-state index contributed by atoms with van der Waals surface area (Å²) in [6.45, 7) is 0. The smallest absolute Gasteiger partial charge is 0.161 e. The van der Waals surface area contributed by atoms with E-state index in [1.807, 2.05) is 60.7 Å². The monoisotopic (exact) mass is 342 g/mol. The zero-order chi connectivity index (χ0) is 17.1. The minimum absolute atomic E-state index is 0.439. The Balaban J connectivity index is 1.79. The lowest BCUT2D eigenvalue weighted by atomic mass is 10.0. The van der Waals surface area contributed by atoms with Gasteiger partial charge in [-0.25, -0.2) is 9.97 Å². The predicted molar refractivity (Wildman–Crippen MR) is 103 cm³/mol. The Kier molecular flexibility index (Phi) is 4.28. The van der Waals surface area contributed by atoms with Crippen molar-refractivity contribution < 1.29 is 0 Å². The number of hydrogen-bond donors (Lipinski definition) is 0. The average Bonchev–Trinajstić information content (AvgIpc) is 2.69. The average molecular weight is 343 g/mol. The molecule has 0 aliphatic heterocycles. The quantitative estimate of drug-likeness (QED) is 0.418. The van der Waals surface area contributed by atoms with Crippen molar-refractivity contribution in [2.75, 3.05) is 0 Å². The van der Waals surface area contributed by atoms with Crippen LogP contribution in [0.15, 0.2) is 91.0 Å². The van der Waals surface area contributed by atoms with Gasteiger partial charge in [0.15, 0.2) is 5.82 Å². The van der Waals surface area contributed by atoms with Crippen molar-refractivity contribution in [1.29, 1.82) is 0 Å². The largest absolute Gasteiger partial charge is 0.228 e. The predicted octanol–water partition coefficient (Wildman–Crippen LogP) is 6.13. The molecule has 25 heavy (non-hydrogen) atoms. The lowest BCUT2D eigenvalue weighted by Crippen LogP contribution is -1.93. The van der Waals surface area contributed by atoms with E-state index in [0.717, 1.165) is 22.4 Å². The molecule has 0 bridgehead atoms. The zero-order valence-electron chi connectivity index (χ0n) is 13.4. The SMILES string of the molecule is Clc1cc(-c2cccc(-c3ccccc3)c2)nc(-c2ccccc2)n1. The second kappa shape index (κ2) is 6.88. The van der Waals surface area contributed by atoms with E-state index >= 15 is 0 Å². The standard InChI is InChI=1S/C22H15ClN2/c23-21-15-20(24-22(25-21)17-10-5-2-6-11-17)19-13-7-12-18(14-19)16-8-3-1-4-9-16/h1-15H. The third-order valence-corrected chi connectivity index (χ3v) is 4.19. The molecular formula is C22H15ClN2. The van der Waals surface area contributed by atoms with Gasteiger partial charge in [-0.2, -0.15) is 0 Å². The highest BCUT2D eigenvalue weighted by atomic mass is 35.5. The van der Waals surface area contributed by atoms with Gasteiger partial charge in [-0.05, 0) is 17.2 Å². The van der Waals surface area contributed by atoms with Crippen molar-refractivity contribution in [3.8, 4) is 33.8 Å². The molecule has 0 saturated heterocycles. The summed E-state index contributed by atoms with van der Waals surface area (Å²) < 4.78 is 0. The van der Waals surface area contributed by atoms with Gasteiger partial charge >= 0.3 is 0 Å².